The maximum Gasteiger partial charge on any atom is 0.246 e. The minimum atomic E-state index is 0.132. The highest BCUT2D eigenvalue weighted by molar-refractivity contribution is 5.92. The lowest BCUT2D eigenvalue weighted by molar-refractivity contribution is -0.127. The third-order valence-electron chi connectivity index (χ3n) is 6.22. The van der Waals surface area contributed by atoms with Crippen LogP contribution in [0.3, 0.4) is 0 Å². The van der Waals surface area contributed by atoms with E-state index in [-0.39, 0.29) is 11.3 Å². The first-order valence-corrected chi connectivity index (χ1v) is 10.6. The molecule has 1 amide bonds. The molecule has 0 radical (unpaired) electrons. The number of ether oxygens (including phenoxy) is 1. The van der Waals surface area contributed by atoms with Crippen molar-refractivity contribution in [2.75, 3.05) is 6.54 Å². The van der Waals surface area contributed by atoms with E-state index in [2.05, 4.69) is 37.8 Å². The Balaban J connectivity index is 1.40. The Kier molecular flexibility index (Phi) is 5.24. The van der Waals surface area contributed by atoms with Crippen molar-refractivity contribution >= 4 is 12.0 Å². The van der Waals surface area contributed by atoms with E-state index in [1.54, 1.807) is 6.08 Å². The number of carbonyl (C=O) groups excluding carboxylic acids is 1. The Morgan fingerprint density at radius 3 is 2.69 bits per heavy atom. The zero-order chi connectivity index (χ0) is 20.5. The van der Waals surface area contributed by atoms with Crippen molar-refractivity contribution in [1.82, 2.24) is 4.90 Å². The number of nitrogens with zero attached hydrogens (tertiary/aromatic N) is 1. The van der Waals surface area contributed by atoms with Crippen LogP contribution in [0.2, 0.25) is 0 Å². The number of hydrogen-bond acceptors (Lipinski definition) is 2. The highest BCUT2D eigenvalue weighted by Crippen LogP contribution is 2.52. The molecule has 2 aliphatic rings. The summed E-state index contributed by atoms with van der Waals surface area (Å²) in [6, 6.07) is 18.4. The molecule has 29 heavy (non-hydrogen) atoms. The fraction of sp³-hybridized carbons (Fsp3) is 0.423. The second kappa shape index (κ2) is 7.70. The number of benzene rings is 2. The van der Waals surface area contributed by atoms with E-state index in [0.717, 1.165) is 36.3 Å². The maximum absolute atomic E-state index is 12.9. The molecule has 1 saturated carbocycles. The average Bonchev–Trinajstić information content (AvgIpc) is 2.94. The molecule has 1 aliphatic heterocycles. The quantitative estimate of drug-likeness (QED) is 0.613. The van der Waals surface area contributed by atoms with Crippen LogP contribution in [0.5, 0.6) is 5.75 Å². The molecular formula is C26H31NO2. The number of hydrogen-bond donors (Lipinski definition) is 0. The fourth-order valence-electron chi connectivity index (χ4n) is 5.43. The van der Waals surface area contributed by atoms with Gasteiger partial charge in [0.15, 0.2) is 0 Å². The van der Waals surface area contributed by atoms with Gasteiger partial charge in [0.25, 0.3) is 0 Å². The molecular weight excluding hydrogens is 358 g/mol. The second-order valence-electron chi connectivity index (χ2n) is 9.86. The lowest BCUT2D eigenvalue weighted by Crippen LogP contribution is -2.36. The Morgan fingerprint density at radius 2 is 1.90 bits per heavy atom. The van der Waals surface area contributed by atoms with Gasteiger partial charge >= 0.3 is 0 Å². The Morgan fingerprint density at radius 1 is 1.10 bits per heavy atom. The van der Waals surface area contributed by atoms with E-state index in [1.165, 1.54) is 6.42 Å². The van der Waals surface area contributed by atoms with Gasteiger partial charge in [-0.15, -0.1) is 0 Å². The number of amides is 1. The smallest absolute Gasteiger partial charge is 0.246 e. The summed E-state index contributed by atoms with van der Waals surface area (Å²) >= 11 is 0. The van der Waals surface area contributed by atoms with Gasteiger partial charge in [-0.05, 0) is 59.4 Å². The average molecular weight is 390 g/mol. The Hall–Kier alpha value is -2.55. The first-order chi connectivity index (χ1) is 13.8. The predicted molar refractivity (Wildman–Crippen MR) is 117 cm³/mol. The van der Waals surface area contributed by atoms with Gasteiger partial charge in [-0.2, -0.15) is 0 Å². The number of likely N-dealkylation sites (tertiary alicyclic amines) is 1. The van der Waals surface area contributed by atoms with E-state index >= 15 is 0 Å². The van der Waals surface area contributed by atoms with Crippen molar-refractivity contribution in [2.24, 2.45) is 10.8 Å². The SMILES string of the molecule is CC1(C)CC2CC(C)(CN2C(=O)/C=C/c2cccc(OCc3ccccc3)c2)C1. The molecule has 2 aromatic rings. The van der Waals surface area contributed by atoms with Crippen LogP contribution >= 0.6 is 0 Å². The van der Waals surface area contributed by atoms with Crippen LogP contribution in [0.1, 0.15) is 51.2 Å². The summed E-state index contributed by atoms with van der Waals surface area (Å²) in [5.74, 6) is 0.946. The van der Waals surface area contributed by atoms with Crippen LogP contribution in [0.4, 0.5) is 0 Å². The highest BCUT2D eigenvalue weighted by Gasteiger charge is 2.50. The van der Waals surface area contributed by atoms with Crippen LogP contribution in [0, 0.1) is 10.8 Å². The molecule has 2 aromatic carbocycles. The standard InChI is InChI=1S/C26H31NO2/c1-25(2)15-22-16-26(3,18-25)19-27(22)24(28)13-12-20-10-7-11-23(14-20)29-17-21-8-5-4-6-9-21/h4-14,22H,15-19H2,1-3H3/b13-12+. The topological polar surface area (TPSA) is 29.5 Å². The fourth-order valence-corrected chi connectivity index (χ4v) is 5.43. The summed E-state index contributed by atoms with van der Waals surface area (Å²) in [5.41, 5.74) is 2.71. The predicted octanol–water partition coefficient (Wildman–Crippen LogP) is 5.71. The van der Waals surface area contributed by atoms with Gasteiger partial charge in [0.05, 0.1) is 0 Å². The molecule has 3 heteroatoms. The number of fused-ring (bicyclic) bond motifs is 2. The van der Waals surface area contributed by atoms with Crippen molar-refractivity contribution in [1.29, 1.82) is 0 Å². The number of carbonyl (C=O) groups is 1. The van der Waals surface area contributed by atoms with Crippen molar-refractivity contribution in [3.05, 3.63) is 71.8 Å². The minimum absolute atomic E-state index is 0.132. The summed E-state index contributed by atoms with van der Waals surface area (Å²) in [7, 11) is 0. The molecule has 2 fully saturated rings. The molecule has 1 heterocycles. The Bertz CT molecular complexity index is 902. The van der Waals surface area contributed by atoms with Crippen molar-refractivity contribution < 1.29 is 9.53 Å². The summed E-state index contributed by atoms with van der Waals surface area (Å²) in [6.45, 7) is 8.43. The van der Waals surface area contributed by atoms with E-state index in [0.29, 0.717) is 18.1 Å². The van der Waals surface area contributed by atoms with Crippen molar-refractivity contribution in [3.63, 3.8) is 0 Å². The van der Waals surface area contributed by atoms with Crippen LogP contribution < -0.4 is 4.74 Å². The van der Waals surface area contributed by atoms with E-state index < -0.39 is 0 Å². The Labute approximate surface area is 174 Å². The van der Waals surface area contributed by atoms with E-state index in [1.807, 2.05) is 48.5 Å². The third kappa shape index (κ3) is 4.72. The van der Waals surface area contributed by atoms with Gasteiger partial charge < -0.3 is 9.64 Å². The van der Waals surface area contributed by atoms with Gasteiger partial charge in [-0.1, -0.05) is 63.2 Å². The maximum atomic E-state index is 12.9. The van der Waals surface area contributed by atoms with Crippen LogP contribution in [0.15, 0.2) is 60.7 Å². The number of rotatable bonds is 5. The molecule has 4 rings (SSSR count). The van der Waals surface area contributed by atoms with Crippen LogP contribution in [-0.4, -0.2) is 23.4 Å². The molecule has 0 N–H and O–H groups in total. The second-order valence-corrected chi connectivity index (χ2v) is 9.86. The largest absolute Gasteiger partial charge is 0.489 e. The molecule has 152 valence electrons. The van der Waals surface area contributed by atoms with E-state index in [4.69, 9.17) is 4.74 Å². The van der Waals surface area contributed by atoms with Crippen molar-refractivity contribution in [2.45, 2.75) is 52.7 Å². The molecule has 0 aromatic heterocycles. The highest BCUT2D eigenvalue weighted by atomic mass is 16.5. The van der Waals surface area contributed by atoms with Crippen molar-refractivity contribution in [3.8, 4) is 5.75 Å². The monoisotopic (exact) mass is 389 g/mol. The zero-order valence-electron chi connectivity index (χ0n) is 17.7. The van der Waals surface area contributed by atoms with E-state index in [9.17, 15) is 4.79 Å². The van der Waals surface area contributed by atoms with Gasteiger partial charge in [0.2, 0.25) is 5.91 Å². The van der Waals surface area contributed by atoms with Crippen LogP contribution in [-0.2, 0) is 11.4 Å². The summed E-state index contributed by atoms with van der Waals surface area (Å²) in [4.78, 5) is 15.0. The normalized spacial score (nSPS) is 25.3. The minimum Gasteiger partial charge on any atom is -0.489 e. The van der Waals surface area contributed by atoms with Crippen LogP contribution in [0.25, 0.3) is 6.08 Å². The summed E-state index contributed by atoms with van der Waals surface area (Å²) < 4.78 is 5.90. The van der Waals surface area contributed by atoms with Gasteiger partial charge in [0, 0.05) is 18.7 Å². The molecule has 2 bridgehead atoms. The molecule has 3 nitrogen and oxygen atoms in total. The first kappa shape index (κ1) is 19.8. The van der Waals surface area contributed by atoms with Gasteiger partial charge in [0.1, 0.15) is 12.4 Å². The molecule has 2 unspecified atom stereocenters. The first-order valence-electron chi connectivity index (χ1n) is 10.6. The lowest BCUT2D eigenvalue weighted by Gasteiger charge is -2.39. The van der Waals surface area contributed by atoms with Gasteiger partial charge in [-0.3, -0.25) is 4.79 Å². The molecule has 1 saturated heterocycles. The zero-order valence-corrected chi connectivity index (χ0v) is 17.7. The molecule has 1 aliphatic carbocycles. The van der Waals surface area contributed by atoms with Gasteiger partial charge in [-0.25, -0.2) is 0 Å². The summed E-state index contributed by atoms with van der Waals surface area (Å²) in [6.07, 6.45) is 7.08. The summed E-state index contributed by atoms with van der Waals surface area (Å²) in [5, 5.41) is 0. The lowest BCUT2D eigenvalue weighted by atomic mass is 9.65. The molecule has 0 spiro atoms. The third-order valence-corrected chi connectivity index (χ3v) is 6.22. The molecule has 2 atom stereocenters.